The van der Waals surface area contributed by atoms with Crippen LogP contribution in [0.4, 0.5) is 0 Å². The molecule has 0 N–H and O–H groups in total. The number of thioether (sulfide) groups is 1. The minimum absolute atomic E-state index is 0.136. The third kappa shape index (κ3) is 4.05. The summed E-state index contributed by atoms with van der Waals surface area (Å²) in [4.78, 5) is 14.6. The van der Waals surface area contributed by atoms with Gasteiger partial charge in [-0.05, 0) is 38.0 Å². The van der Waals surface area contributed by atoms with Crippen LogP contribution in [0.15, 0.2) is 27.8 Å². The average molecular weight is 389 g/mol. The van der Waals surface area contributed by atoms with E-state index in [1.54, 1.807) is 0 Å². The summed E-state index contributed by atoms with van der Waals surface area (Å²) in [6.45, 7) is 3.01. The van der Waals surface area contributed by atoms with E-state index in [0.717, 1.165) is 24.9 Å². The number of ether oxygens (including phenoxy) is 2. The van der Waals surface area contributed by atoms with Crippen molar-refractivity contribution >= 4 is 17.7 Å². The van der Waals surface area contributed by atoms with E-state index < -0.39 is 0 Å². The minimum atomic E-state index is 0.136. The van der Waals surface area contributed by atoms with Crippen LogP contribution in [0.3, 0.4) is 0 Å². The van der Waals surface area contributed by atoms with Crippen LogP contribution in [-0.4, -0.2) is 46.1 Å². The zero-order valence-electron chi connectivity index (χ0n) is 15.3. The summed E-state index contributed by atoms with van der Waals surface area (Å²) in [5.41, 5.74) is 0.766. The van der Waals surface area contributed by atoms with Gasteiger partial charge in [0.1, 0.15) is 0 Å². The van der Waals surface area contributed by atoms with E-state index in [4.69, 9.17) is 13.9 Å². The molecule has 1 fully saturated rings. The molecular weight excluding hydrogens is 366 g/mol. The van der Waals surface area contributed by atoms with E-state index in [0.29, 0.717) is 34.4 Å². The van der Waals surface area contributed by atoms with Gasteiger partial charge in [-0.15, -0.1) is 10.2 Å². The van der Waals surface area contributed by atoms with Crippen molar-refractivity contribution in [3.63, 3.8) is 0 Å². The van der Waals surface area contributed by atoms with Crippen molar-refractivity contribution in [3.05, 3.63) is 18.2 Å². The van der Waals surface area contributed by atoms with E-state index in [2.05, 4.69) is 10.2 Å². The highest BCUT2D eigenvalue weighted by Gasteiger charge is 2.24. The van der Waals surface area contributed by atoms with Crippen molar-refractivity contribution in [2.75, 3.05) is 19.1 Å². The van der Waals surface area contributed by atoms with Gasteiger partial charge < -0.3 is 18.8 Å². The van der Waals surface area contributed by atoms with Crippen LogP contribution in [0, 0.1) is 0 Å². The number of amides is 1. The Morgan fingerprint density at radius 2 is 2.00 bits per heavy atom. The standard InChI is InChI=1S/C19H23N3O4S/c1-2-22(14-6-4-3-5-7-14)17(23)11-27-19-21-20-18(26-19)13-8-9-15-16(10-13)25-12-24-15/h8-10,14H,2-7,11-12H2,1H3. The third-order valence-electron chi connectivity index (χ3n) is 5.02. The van der Waals surface area contributed by atoms with Gasteiger partial charge in [-0.25, -0.2) is 0 Å². The Morgan fingerprint density at radius 3 is 2.81 bits per heavy atom. The minimum Gasteiger partial charge on any atom is -0.454 e. The summed E-state index contributed by atoms with van der Waals surface area (Å²) in [6, 6.07) is 5.87. The Kier molecular flexibility index (Phi) is 5.52. The van der Waals surface area contributed by atoms with E-state index in [1.807, 2.05) is 30.0 Å². The summed E-state index contributed by atoms with van der Waals surface area (Å²) >= 11 is 1.29. The van der Waals surface area contributed by atoms with Gasteiger partial charge in [0.15, 0.2) is 11.5 Å². The third-order valence-corrected chi connectivity index (χ3v) is 5.82. The maximum Gasteiger partial charge on any atom is 0.277 e. The topological polar surface area (TPSA) is 77.7 Å². The predicted molar refractivity (Wildman–Crippen MR) is 101 cm³/mol. The molecule has 1 aliphatic carbocycles. The fourth-order valence-electron chi connectivity index (χ4n) is 3.65. The zero-order chi connectivity index (χ0) is 18.6. The first-order chi connectivity index (χ1) is 13.2. The molecule has 1 amide bonds. The van der Waals surface area contributed by atoms with Crippen LogP contribution in [-0.2, 0) is 4.79 Å². The van der Waals surface area contributed by atoms with Gasteiger partial charge in [-0.1, -0.05) is 31.0 Å². The lowest BCUT2D eigenvalue weighted by Gasteiger charge is -2.33. The molecule has 1 aromatic carbocycles. The Labute approximate surface area is 162 Å². The largest absolute Gasteiger partial charge is 0.454 e. The number of benzene rings is 1. The van der Waals surface area contributed by atoms with E-state index in [1.165, 1.54) is 31.0 Å². The molecule has 0 unspecified atom stereocenters. The number of hydrogen-bond acceptors (Lipinski definition) is 7. The van der Waals surface area contributed by atoms with Crippen LogP contribution in [0.1, 0.15) is 39.0 Å². The first-order valence-electron chi connectivity index (χ1n) is 9.40. The summed E-state index contributed by atoms with van der Waals surface area (Å²) in [6.07, 6.45) is 5.92. The predicted octanol–water partition coefficient (Wildman–Crippen LogP) is 3.74. The molecule has 8 heteroatoms. The van der Waals surface area contributed by atoms with Crippen LogP contribution < -0.4 is 9.47 Å². The second-order valence-corrected chi connectivity index (χ2v) is 7.63. The second kappa shape index (κ2) is 8.21. The fraction of sp³-hybridized carbons (Fsp3) is 0.526. The highest BCUT2D eigenvalue weighted by molar-refractivity contribution is 7.99. The lowest BCUT2D eigenvalue weighted by molar-refractivity contribution is -0.131. The van der Waals surface area contributed by atoms with Gasteiger partial charge in [0, 0.05) is 18.2 Å². The number of hydrogen-bond donors (Lipinski definition) is 0. The van der Waals surface area contributed by atoms with Crippen LogP contribution >= 0.6 is 11.8 Å². The quantitative estimate of drug-likeness (QED) is 0.697. The SMILES string of the molecule is CCN(C(=O)CSc1nnc(-c2ccc3c(c2)OCO3)o1)C1CCCCC1. The van der Waals surface area contributed by atoms with Crippen molar-refractivity contribution in [2.45, 2.75) is 50.3 Å². The molecule has 2 heterocycles. The normalized spacial score (nSPS) is 16.5. The lowest BCUT2D eigenvalue weighted by Crippen LogP contribution is -2.42. The van der Waals surface area contributed by atoms with Gasteiger partial charge in [0.2, 0.25) is 18.6 Å². The number of nitrogens with zero attached hydrogens (tertiary/aromatic N) is 3. The molecule has 144 valence electrons. The number of carbonyl (C=O) groups is 1. The van der Waals surface area contributed by atoms with Crippen molar-refractivity contribution in [1.82, 2.24) is 15.1 Å². The maximum absolute atomic E-state index is 12.6. The Morgan fingerprint density at radius 1 is 1.19 bits per heavy atom. The summed E-state index contributed by atoms with van der Waals surface area (Å²) in [7, 11) is 0. The van der Waals surface area contributed by atoms with Gasteiger partial charge in [0.05, 0.1) is 5.75 Å². The van der Waals surface area contributed by atoms with Crippen molar-refractivity contribution < 1.29 is 18.7 Å². The van der Waals surface area contributed by atoms with E-state index in [-0.39, 0.29) is 12.7 Å². The summed E-state index contributed by atoms with van der Waals surface area (Å²) < 4.78 is 16.4. The number of fused-ring (bicyclic) bond motifs is 1. The molecule has 0 atom stereocenters. The number of rotatable bonds is 6. The molecule has 1 saturated carbocycles. The van der Waals surface area contributed by atoms with Gasteiger partial charge >= 0.3 is 0 Å². The molecule has 2 aliphatic rings. The van der Waals surface area contributed by atoms with Gasteiger partial charge in [-0.3, -0.25) is 4.79 Å². The smallest absolute Gasteiger partial charge is 0.277 e. The summed E-state index contributed by atoms with van der Waals surface area (Å²) in [5, 5.41) is 8.54. The van der Waals surface area contributed by atoms with Crippen LogP contribution in [0.25, 0.3) is 11.5 Å². The average Bonchev–Trinajstić information content (AvgIpc) is 3.36. The Balaban J connectivity index is 1.37. The lowest BCUT2D eigenvalue weighted by atomic mass is 9.94. The molecule has 27 heavy (non-hydrogen) atoms. The van der Waals surface area contributed by atoms with Crippen molar-refractivity contribution in [2.24, 2.45) is 0 Å². The molecule has 0 spiro atoms. The monoisotopic (exact) mass is 389 g/mol. The summed E-state index contributed by atoms with van der Waals surface area (Å²) in [5.74, 6) is 2.23. The Hall–Kier alpha value is -2.22. The van der Waals surface area contributed by atoms with Crippen LogP contribution in [0.5, 0.6) is 11.5 Å². The van der Waals surface area contributed by atoms with Crippen molar-refractivity contribution in [1.29, 1.82) is 0 Å². The molecular formula is C19H23N3O4S. The Bertz CT molecular complexity index is 804. The molecule has 7 nitrogen and oxygen atoms in total. The molecule has 0 saturated heterocycles. The number of carbonyl (C=O) groups excluding carboxylic acids is 1. The van der Waals surface area contributed by atoms with Gasteiger partial charge in [-0.2, -0.15) is 0 Å². The molecule has 1 aliphatic heterocycles. The maximum atomic E-state index is 12.6. The van der Waals surface area contributed by atoms with E-state index in [9.17, 15) is 4.79 Å². The zero-order valence-corrected chi connectivity index (χ0v) is 16.2. The molecule has 0 radical (unpaired) electrons. The number of aromatic nitrogens is 2. The van der Waals surface area contributed by atoms with E-state index >= 15 is 0 Å². The second-order valence-electron chi connectivity index (χ2n) is 6.70. The van der Waals surface area contributed by atoms with Crippen LogP contribution in [0.2, 0.25) is 0 Å². The highest BCUT2D eigenvalue weighted by atomic mass is 32.2. The van der Waals surface area contributed by atoms with Gasteiger partial charge in [0.25, 0.3) is 5.22 Å². The molecule has 2 aromatic rings. The molecule has 0 bridgehead atoms. The first kappa shape index (κ1) is 18.2. The molecule has 1 aromatic heterocycles. The fourth-order valence-corrected chi connectivity index (χ4v) is 4.30. The molecule has 4 rings (SSSR count). The van der Waals surface area contributed by atoms with Crippen molar-refractivity contribution in [3.8, 4) is 23.0 Å². The first-order valence-corrected chi connectivity index (χ1v) is 10.4. The highest BCUT2D eigenvalue weighted by Crippen LogP contribution is 2.36.